The normalized spacial score (nSPS) is 17.5. The summed E-state index contributed by atoms with van der Waals surface area (Å²) in [6.07, 6.45) is 9.21. The summed E-state index contributed by atoms with van der Waals surface area (Å²) in [7, 11) is 0. The van der Waals surface area contributed by atoms with Crippen LogP contribution in [0.4, 0.5) is 5.82 Å². The average Bonchev–Trinajstić information content (AvgIpc) is 3.13. The number of anilines is 1. The van der Waals surface area contributed by atoms with Gasteiger partial charge in [-0.3, -0.25) is 4.79 Å². The predicted molar refractivity (Wildman–Crippen MR) is 129 cm³/mol. The molecule has 2 saturated heterocycles. The van der Waals surface area contributed by atoms with Crippen molar-refractivity contribution in [1.29, 1.82) is 0 Å². The van der Waals surface area contributed by atoms with Crippen LogP contribution in [0.1, 0.15) is 51.0 Å². The molecule has 1 amide bonds. The molecular weight excluding hydrogens is 479 g/mol. The van der Waals surface area contributed by atoms with Crippen LogP contribution < -0.4 is 15.5 Å². The van der Waals surface area contributed by atoms with Gasteiger partial charge in [-0.15, -0.1) is 24.0 Å². The van der Waals surface area contributed by atoms with Crippen LogP contribution in [0.25, 0.3) is 0 Å². The van der Waals surface area contributed by atoms with Gasteiger partial charge in [0, 0.05) is 38.9 Å². The van der Waals surface area contributed by atoms with E-state index in [-0.39, 0.29) is 29.9 Å². The van der Waals surface area contributed by atoms with Crippen LogP contribution in [-0.4, -0.2) is 61.0 Å². The van der Waals surface area contributed by atoms with Crippen LogP contribution in [-0.2, 0) is 11.3 Å². The summed E-state index contributed by atoms with van der Waals surface area (Å²) in [5.74, 6) is 1.88. The first-order chi connectivity index (χ1) is 13.8. The third-order valence-electron chi connectivity index (χ3n) is 5.37. The van der Waals surface area contributed by atoms with Gasteiger partial charge in [-0.05, 0) is 50.3 Å². The number of guanidine groups is 1. The summed E-state index contributed by atoms with van der Waals surface area (Å²) in [4.78, 5) is 25.8. The quantitative estimate of drug-likeness (QED) is 0.347. The summed E-state index contributed by atoms with van der Waals surface area (Å²) in [5, 5.41) is 6.40. The lowest BCUT2D eigenvalue weighted by atomic mass is 10.2. The van der Waals surface area contributed by atoms with Crippen LogP contribution in [0.5, 0.6) is 0 Å². The van der Waals surface area contributed by atoms with E-state index < -0.39 is 0 Å². The maximum Gasteiger partial charge on any atom is 0.241 e. The summed E-state index contributed by atoms with van der Waals surface area (Å²) >= 11 is 0. The van der Waals surface area contributed by atoms with Crippen molar-refractivity contribution in [2.45, 2.75) is 52.0 Å². The Balaban J connectivity index is 0.00000300. The number of aromatic nitrogens is 1. The molecule has 29 heavy (non-hydrogen) atoms. The Morgan fingerprint density at radius 2 is 1.76 bits per heavy atom. The number of carbonyl (C=O) groups is 1. The first-order valence-electron chi connectivity index (χ1n) is 10.8. The molecule has 0 radical (unpaired) electrons. The number of aliphatic imine (C=N–C) groups is 1. The van der Waals surface area contributed by atoms with Crippen LogP contribution in [0.15, 0.2) is 23.3 Å². The van der Waals surface area contributed by atoms with Gasteiger partial charge >= 0.3 is 0 Å². The number of pyridine rings is 1. The number of nitrogens with one attached hydrogen (secondary N) is 2. The Morgan fingerprint density at radius 3 is 2.45 bits per heavy atom. The monoisotopic (exact) mass is 514 g/mol. The lowest BCUT2D eigenvalue weighted by Gasteiger charge is -2.21. The molecule has 0 aromatic carbocycles. The highest BCUT2D eigenvalue weighted by atomic mass is 127. The summed E-state index contributed by atoms with van der Waals surface area (Å²) in [6, 6.07) is 4.16. The first-order valence-corrected chi connectivity index (χ1v) is 10.8. The second-order valence-corrected chi connectivity index (χ2v) is 7.56. The third kappa shape index (κ3) is 7.64. The minimum atomic E-state index is 0. The predicted octanol–water partition coefficient (Wildman–Crippen LogP) is 2.76. The number of rotatable bonds is 6. The third-order valence-corrected chi connectivity index (χ3v) is 5.37. The van der Waals surface area contributed by atoms with E-state index in [2.05, 4.69) is 31.6 Å². The molecule has 1 aromatic rings. The molecule has 8 heteroatoms. The maximum absolute atomic E-state index is 12.2. The Hall–Kier alpha value is -1.58. The van der Waals surface area contributed by atoms with Crippen LogP contribution >= 0.6 is 24.0 Å². The molecule has 0 atom stereocenters. The number of halogens is 1. The Bertz CT molecular complexity index is 654. The van der Waals surface area contributed by atoms with Gasteiger partial charge in [0.2, 0.25) is 5.91 Å². The van der Waals surface area contributed by atoms with Gasteiger partial charge in [0.05, 0.1) is 13.1 Å². The van der Waals surface area contributed by atoms with Gasteiger partial charge in [-0.2, -0.15) is 0 Å². The number of hydrogen-bond donors (Lipinski definition) is 2. The fourth-order valence-electron chi connectivity index (χ4n) is 3.78. The van der Waals surface area contributed by atoms with Crippen LogP contribution in [0.2, 0.25) is 0 Å². The van der Waals surface area contributed by atoms with Crippen molar-refractivity contribution < 1.29 is 4.79 Å². The fourth-order valence-corrected chi connectivity index (χ4v) is 3.78. The lowest BCUT2D eigenvalue weighted by molar-refractivity contribution is -0.128. The van der Waals surface area contributed by atoms with E-state index in [0.717, 1.165) is 56.9 Å². The zero-order chi connectivity index (χ0) is 19.6. The molecule has 162 valence electrons. The molecule has 0 saturated carbocycles. The Labute approximate surface area is 191 Å². The van der Waals surface area contributed by atoms with E-state index in [1.165, 1.54) is 25.7 Å². The van der Waals surface area contributed by atoms with Gasteiger partial charge in [0.25, 0.3) is 0 Å². The zero-order valence-corrected chi connectivity index (χ0v) is 19.9. The number of nitrogens with zero attached hydrogens (tertiary/aromatic N) is 4. The van der Waals surface area contributed by atoms with E-state index >= 15 is 0 Å². The van der Waals surface area contributed by atoms with Crippen molar-refractivity contribution in [3.63, 3.8) is 0 Å². The van der Waals surface area contributed by atoms with Crippen molar-refractivity contribution in [2.24, 2.45) is 4.99 Å². The van der Waals surface area contributed by atoms with Crippen molar-refractivity contribution in [2.75, 3.05) is 44.2 Å². The second-order valence-electron chi connectivity index (χ2n) is 7.56. The van der Waals surface area contributed by atoms with E-state index in [0.29, 0.717) is 19.0 Å². The number of amides is 1. The lowest BCUT2D eigenvalue weighted by Crippen LogP contribution is -2.44. The molecule has 2 N–H and O–H groups in total. The molecule has 0 bridgehead atoms. The highest BCUT2D eigenvalue weighted by Crippen LogP contribution is 2.18. The Kier molecular flexibility index (Phi) is 10.5. The van der Waals surface area contributed by atoms with Crippen molar-refractivity contribution in [3.8, 4) is 0 Å². The minimum absolute atomic E-state index is 0. The van der Waals surface area contributed by atoms with E-state index in [1.54, 1.807) is 0 Å². The summed E-state index contributed by atoms with van der Waals surface area (Å²) in [6.45, 7) is 7.58. The molecule has 3 rings (SSSR count). The minimum Gasteiger partial charge on any atom is -0.357 e. The van der Waals surface area contributed by atoms with Crippen molar-refractivity contribution >= 4 is 41.7 Å². The molecule has 0 spiro atoms. The number of carbonyl (C=O) groups excluding carboxylic acids is 1. The van der Waals surface area contributed by atoms with Crippen molar-refractivity contribution in [3.05, 3.63) is 23.9 Å². The van der Waals surface area contributed by atoms with E-state index in [4.69, 9.17) is 0 Å². The first kappa shape index (κ1) is 23.7. The SMILES string of the molecule is CCNC(=NCc1ccnc(N2CCCCCC2)c1)NCC(=O)N1CCCC1.I. The van der Waals surface area contributed by atoms with Crippen molar-refractivity contribution in [1.82, 2.24) is 20.5 Å². The smallest absolute Gasteiger partial charge is 0.241 e. The van der Waals surface area contributed by atoms with E-state index in [9.17, 15) is 4.79 Å². The maximum atomic E-state index is 12.2. The number of likely N-dealkylation sites (tertiary alicyclic amines) is 1. The van der Waals surface area contributed by atoms with Crippen LogP contribution in [0.3, 0.4) is 0 Å². The standard InChI is InChI=1S/C21H34N6O.HI/c1-2-22-21(25-17-20(28)27-13-7-8-14-27)24-16-18-9-10-23-19(15-18)26-11-5-3-4-6-12-26;/h9-10,15H,2-8,11-14,16-17H2,1H3,(H2,22,24,25);1H. The largest absolute Gasteiger partial charge is 0.357 e. The summed E-state index contributed by atoms with van der Waals surface area (Å²) < 4.78 is 0. The molecule has 0 aliphatic carbocycles. The second kappa shape index (κ2) is 12.9. The molecule has 1 aromatic heterocycles. The highest BCUT2D eigenvalue weighted by Gasteiger charge is 2.17. The molecule has 2 aliphatic rings. The van der Waals surface area contributed by atoms with Gasteiger partial charge in [-0.1, -0.05) is 12.8 Å². The summed E-state index contributed by atoms with van der Waals surface area (Å²) in [5.41, 5.74) is 1.14. The molecule has 0 unspecified atom stereocenters. The fraction of sp³-hybridized carbons (Fsp3) is 0.667. The van der Waals surface area contributed by atoms with Crippen LogP contribution in [0, 0.1) is 0 Å². The van der Waals surface area contributed by atoms with Gasteiger partial charge in [-0.25, -0.2) is 9.98 Å². The number of hydrogen-bond acceptors (Lipinski definition) is 4. The zero-order valence-electron chi connectivity index (χ0n) is 17.5. The topological polar surface area (TPSA) is 72.9 Å². The Morgan fingerprint density at radius 1 is 1.07 bits per heavy atom. The average molecular weight is 514 g/mol. The highest BCUT2D eigenvalue weighted by molar-refractivity contribution is 14.0. The molecule has 2 aliphatic heterocycles. The molecule has 3 heterocycles. The van der Waals surface area contributed by atoms with E-state index in [1.807, 2.05) is 24.1 Å². The molecule has 7 nitrogen and oxygen atoms in total. The van der Waals surface area contributed by atoms with Gasteiger partial charge in [0.1, 0.15) is 5.82 Å². The molecular formula is C21H35IN6O. The molecule has 2 fully saturated rings. The van der Waals surface area contributed by atoms with Gasteiger partial charge < -0.3 is 20.4 Å². The van der Waals surface area contributed by atoms with Gasteiger partial charge in [0.15, 0.2) is 5.96 Å².